The molecule has 0 aliphatic rings. The number of esters is 1. The molecule has 0 aromatic heterocycles. The van der Waals surface area contributed by atoms with Crippen LogP contribution in [0.5, 0.6) is 0 Å². The molecule has 0 N–H and O–H groups in total. The average molecular weight is 158 g/mol. The lowest BCUT2D eigenvalue weighted by atomic mass is 10.2. The minimum atomic E-state index is -0.427. The molecule has 0 aliphatic carbocycles. The fraction of sp³-hybridized carbons (Fsp3) is 0.571. The Bertz CT molecular complexity index is 162. The zero-order valence-corrected chi connectivity index (χ0v) is 6.33. The summed E-state index contributed by atoms with van der Waals surface area (Å²) in [6.07, 6.45) is 0.561. The van der Waals surface area contributed by atoms with Crippen LogP contribution in [0.4, 0.5) is 0 Å². The highest BCUT2D eigenvalue weighted by Gasteiger charge is 2.05. The van der Waals surface area contributed by atoms with Gasteiger partial charge in [0.1, 0.15) is 12.1 Å². The molecule has 0 saturated carbocycles. The quantitative estimate of drug-likeness (QED) is 0.323. The fourth-order valence-corrected chi connectivity index (χ4v) is 0.539. The van der Waals surface area contributed by atoms with Crippen LogP contribution in [-0.4, -0.2) is 25.1 Å². The number of aldehydes is 1. The molecule has 0 aliphatic heterocycles. The highest BCUT2D eigenvalue weighted by atomic mass is 16.5. The summed E-state index contributed by atoms with van der Waals surface area (Å²) < 4.78 is 4.30. The number of hydrogen-bond acceptors (Lipinski definition) is 4. The second-order valence-electron chi connectivity index (χ2n) is 1.99. The van der Waals surface area contributed by atoms with E-state index in [9.17, 15) is 14.4 Å². The maximum Gasteiger partial charge on any atom is 0.305 e. The van der Waals surface area contributed by atoms with Gasteiger partial charge in [-0.05, 0) is 0 Å². The van der Waals surface area contributed by atoms with Crippen LogP contribution in [0.25, 0.3) is 0 Å². The third-order valence-electron chi connectivity index (χ3n) is 1.15. The maximum atomic E-state index is 10.6. The van der Waals surface area contributed by atoms with E-state index < -0.39 is 5.97 Å². The third kappa shape index (κ3) is 5.26. The summed E-state index contributed by atoms with van der Waals surface area (Å²) in [4.78, 5) is 30.9. The Balaban J connectivity index is 3.45. The monoisotopic (exact) mass is 158 g/mol. The van der Waals surface area contributed by atoms with Crippen molar-refractivity contribution in [1.82, 2.24) is 0 Å². The molecule has 0 aromatic rings. The van der Waals surface area contributed by atoms with E-state index in [1.165, 1.54) is 7.11 Å². The van der Waals surface area contributed by atoms with Gasteiger partial charge in [-0.2, -0.15) is 0 Å². The van der Waals surface area contributed by atoms with Crippen molar-refractivity contribution in [1.29, 1.82) is 0 Å². The number of ketones is 1. The van der Waals surface area contributed by atoms with E-state index in [0.717, 1.165) is 0 Å². The van der Waals surface area contributed by atoms with Gasteiger partial charge in [0.05, 0.1) is 20.0 Å². The molecule has 0 radical (unpaired) electrons. The van der Waals surface area contributed by atoms with Gasteiger partial charge in [-0.1, -0.05) is 0 Å². The number of rotatable bonds is 5. The van der Waals surface area contributed by atoms with Gasteiger partial charge in [0, 0.05) is 6.42 Å². The molecule has 11 heavy (non-hydrogen) atoms. The smallest absolute Gasteiger partial charge is 0.305 e. The predicted octanol–water partition coefficient (Wildman–Crippen LogP) is 0.0977. The summed E-state index contributed by atoms with van der Waals surface area (Å²) in [5.74, 6) is -0.658. The minimum absolute atomic E-state index is 0.0587. The molecule has 4 nitrogen and oxygen atoms in total. The number of ether oxygens (including phenoxy) is 1. The lowest BCUT2D eigenvalue weighted by molar-refractivity contribution is -0.142. The highest BCUT2D eigenvalue weighted by Crippen LogP contribution is 1.94. The number of hydrogen-bond donors (Lipinski definition) is 0. The van der Waals surface area contributed by atoms with E-state index in [4.69, 9.17) is 0 Å². The Hall–Kier alpha value is -1.19. The van der Waals surface area contributed by atoms with Crippen molar-refractivity contribution in [2.75, 3.05) is 7.11 Å². The highest BCUT2D eigenvalue weighted by molar-refractivity contribution is 5.91. The van der Waals surface area contributed by atoms with Crippen molar-refractivity contribution >= 4 is 18.0 Å². The molecule has 0 unspecified atom stereocenters. The van der Waals surface area contributed by atoms with Gasteiger partial charge >= 0.3 is 5.97 Å². The van der Waals surface area contributed by atoms with E-state index >= 15 is 0 Å². The lowest BCUT2D eigenvalue weighted by Crippen LogP contribution is -2.05. The molecule has 4 heteroatoms. The fourth-order valence-electron chi connectivity index (χ4n) is 0.539. The van der Waals surface area contributed by atoms with Gasteiger partial charge in [-0.3, -0.25) is 9.59 Å². The van der Waals surface area contributed by atoms with Crippen molar-refractivity contribution in [3.63, 3.8) is 0 Å². The SMILES string of the molecule is COC(=O)CCC(=O)CC=O. The first-order chi connectivity index (χ1) is 5.20. The van der Waals surface area contributed by atoms with Gasteiger partial charge in [0.15, 0.2) is 0 Å². The van der Waals surface area contributed by atoms with Crippen molar-refractivity contribution in [2.24, 2.45) is 0 Å². The van der Waals surface area contributed by atoms with Crippen molar-refractivity contribution < 1.29 is 19.1 Å². The standard InChI is InChI=1S/C7H10O4/c1-11-7(10)3-2-6(9)4-5-8/h5H,2-4H2,1H3. The molecular weight excluding hydrogens is 148 g/mol. The Kier molecular flexibility index (Phi) is 4.98. The van der Waals surface area contributed by atoms with Crippen LogP contribution in [0.3, 0.4) is 0 Å². The second-order valence-corrected chi connectivity index (χ2v) is 1.99. The van der Waals surface area contributed by atoms with Crippen molar-refractivity contribution in [2.45, 2.75) is 19.3 Å². The zero-order valence-electron chi connectivity index (χ0n) is 6.33. The third-order valence-corrected chi connectivity index (χ3v) is 1.15. The van der Waals surface area contributed by atoms with Crippen LogP contribution in [-0.2, 0) is 19.1 Å². The van der Waals surface area contributed by atoms with E-state index in [-0.39, 0.29) is 25.0 Å². The Morgan fingerprint density at radius 2 is 2.00 bits per heavy atom. The Morgan fingerprint density at radius 3 is 2.45 bits per heavy atom. The molecule has 0 atom stereocenters. The van der Waals surface area contributed by atoms with Crippen LogP contribution in [0, 0.1) is 0 Å². The molecule has 0 spiro atoms. The first kappa shape index (κ1) is 9.81. The molecule has 0 amide bonds. The van der Waals surface area contributed by atoms with Crippen LogP contribution in [0.15, 0.2) is 0 Å². The van der Waals surface area contributed by atoms with Crippen LogP contribution in [0.1, 0.15) is 19.3 Å². The van der Waals surface area contributed by atoms with Gasteiger partial charge in [-0.15, -0.1) is 0 Å². The van der Waals surface area contributed by atoms with Crippen LogP contribution >= 0.6 is 0 Å². The number of methoxy groups -OCH3 is 1. The summed E-state index contributed by atoms with van der Waals surface area (Å²) in [6, 6.07) is 0. The number of carbonyl (C=O) groups is 3. The summed E-state index contributed by atoms with van der Waals surface area (Å²) in [6.45, 7) is 0. The van der Waals surface area contributed by atoms with Crippen molar-refractivity contribution in [3.05, 3.63) is 0 Å². The first-order valence-electron chi connectivity index (χ1n) is 3.23. The average Bonchev–Trinajstić information content (AvgIpc) is 2.01. The van der Waals surface area contributed by atoms with Gasteiger partial charge in [0.25, 0.3) is 0 Å². The summed E-state index contributed by atoms with van der Waals surface area (Å²) >= 11 is 0. The summed E-state index contributed by atoms with van der Waals surface area (Å²) in [5, 5.41) is 0. The van der Waals surface area contributed by atoms with E-state index in [2.05, 4.69) is 4.74 Å². The maximum absolute atomic E-state index is 10.6. The van der Waals surface area contributed by atoms with Gasteiger partial charge < -0.3 is 9.53 Å². The van der Waals surface area contributed by atoms with E-state index in [1.54, 1.807) is 0 Å². The minimum Gasteiger partial charge on any atom is -0.469 e. The van der Waals surface area contributed by atoms with Gasteiger partial charge in [-0.25, -0.2) is 0 Å². The second kappa shape index (κ2) is 5.58. The summed E-state index contributed by atoms with van der Waals surface area (Å²) in [7, 11) is 1.26. The number of Topliss-reactive ketones (excluding diaryl/α,β-unsaturated/α-hetero) is 1. The zero-order chi connectivity index (χ0) is 8.69. The molecule has 0 aromatic carbocycles. The van der Waals surface area contributed by atoms with E-state index in [1.807, 2.05) is 0 Å². The lowest BCUT2D eigenvalue weighted by Gasteiger charge is -1.95. The van der Waals surface area contributed by atoms with Crippen LogP contribution < -0.4 is 0 Å². The largest absolute Gasteiger partial charge is 0.469 e. The summed E-state index contributed by atoms with van der Waals surface area (Å²) in [5.41, 5.74) is 0. The van der Waals surface area contributed by atoms with Crippen LogP contribution in [0.2, 0.25) is 0 Å². The topological polar surface area (TPSA) is 60.4 Å². The van der Waals surface area contributed by atoms with Crippen molar-refractivity contribution in [3.8, 4) is 0 Å². The molecular formula is C7H10O4. The molecule has 0 fully saturated rings. The number of carbonyl (C=O) groups excluding carboxylic acids is 3. The van der Waals surface area contributed by atoms with E-state index in [0.29, 0.717) is 6.29 Å². The Morgan fingerprint density at radius 1 is 1.36 bits per heavy atom. The molecule has 0 rings (SSSR count). The predicted molar refractivity (Wildman–Crippen MR) is 36.9 cm³/mol. The first-order valence-corrected chi connectivity index (χ1v) is 3.23. The molecule has 0 saturated heterocycles. The Labute approximate surface area is 64.5 Å². The normalized spacial score (nSPS) is 8.82. The van der Waals surface area contributed by atoms with Gasteiger partial charge in [0.2, 0.25) is 0 Å². The molecule has 62 valence electrons. The molecule has 0 heterocycles. The molecule has 0 bridgehead atoms.